The van der Waals surface area contributed by atoms with E-state index in [1.807, 2.05) is 36.4 Å². The Hall–Kier alpha value is -1.98. The van der Waals surface area contributed by atoms with E-state index in [1.54, 1.807) is 0 Å². The number of aryl methyl sites for hydroxylation is 1. The number of thiophene rings is 1. The van der Waals surface area contributed by atoms with E-state index in [0.717, 1.165) is 62.5 Å². The van der Waals surface area contributed by atoms with Crippen molar-refractivity contribution in [3.05, 3.63) is 57.3 Å². The largest absolute Gasteiger partial charge is 0.465 e. The first-order valence-electron chi connectivity index (χ1n) is 11.5. The standard InChI is InChI=1S/C26H34O4S/c1-3-4-5-9-22(27)18-10-12-20(13-11-18)25-19(14-16-23(25)28)7-6-8-21-15-17-24(31-21)26(29)30-2/h10-13,15,17,19,22,25,27H,3-9,14,16H2,1-2H3/t19-,22?,25?/m0/s1. The third kappa shape index (κ3) is 6.27. The molecule has 1 aromatic carbocycles. The summed E-state index contributed by atoms with van der Waals surface area (Å²) >= 11 is 1.49. The normalized spacial score (nSPS) is 19.5. The van der Waals surface area contributed by atoms with Crippen molar-refractivity contribution in [2.75, 3.05) is 7.11 Å². The quantitative estimate of drug-likeness (QED) is 0.331. The number of hydrogen-bond donors (Lipinski definition) is 1. The van der Waals surface area contributed by atoms with E-state index in [9.17, 15) is 14.7 Å². The van der Waals surface area contributed by atoms with E-state index >= 15 is 0 Å². The summed E-state index contributed by atoms with van der Waals surface area (Å²) in [4.78, 5) is 26.1. The van der Waals surface area contributed by atoms with Crippen molar-refractivity contribution >= 4 is 23.1 Å². The number of Topliss-reactive ketones (excluding diaryl/α,β-unsaturated/α-hetero) is 1. The smallest absolute Gasteiger partial charge is 0.348 e. The van der Waals surface area contributed by atoms with Gasteiger partial charge in [-0.25, -0.2) is 4.79 Å². The second-order valence-corrected chi connectivity index (χ2v) is 9.74. The summed E-state index contributed by atoms with van der Waals surface area (Å²) < 4.78 is 4.78. The average Bonchev–Trinajstić information content (AvgIpc) is 3.40. The highest BCUT2D eigenvalue weighted by molar-refractivity contribution is 7.13. The van der Waals surface area contributed by atoms with Gasteiger partial charge in [-0.05, 0) is 61.3 Å². The van der Waals surface area contributed by atoms with Gasteiger partial charge in [0.25, 0.3) is 0 Å². The van der Waals surface area contributed by atoms with Crippen LogP contribution < -0.4 is 0 Å². The predicted molar refractivity (Wildman–Crippen MR) is 125 cm³/mol. The van der Waals surface area contributed by atoms with E-state index < -0.39 is 6.10 Å². The number of ketones is 1. The maximum Gasteiger partial charge on any atom is 0.348 e. The molecule has 0 bridgehead atoms. The van der Waals surface area contributed by atoms with Crippen molar-refractivity contribution < 1.29 is 19.4 Å². The number of aliphatic hydroxyl groups is 1. The van der Waals surface area contributed by atoms with Gasteiger partial charge >= 0.3 is 5.97 Å². The molecule has 1 N–H and O–H groups in total. The SMILES string of the molecule is CCCCCC(O)c1ccc(C2C(=O)CC[C@@H]2CCCc2ccc(C(=O)OC)s2)cc1. The molecular formula is C26H34O4S. The first kappa shape index (κ1) is 23.7. The molecule has 1 heterocycles. The van der Waals surface area contributed by atoms with Crippen molar-refractivity contribution in [3.8, 4) is 0 Å². The van der Waals surface area contributed by atoms with Gasteiger partial charge in [-0.1, -0.05) is 50.5 Å². The zero-order valence-corrected chi connectivity index (χ0v) is 19.5. The van der Waals surface area contributed by atoms with E-state index in [-0.39, 0.29) is 11.9 Å². The number of esters is 1. The minimum absolute atomic E-state index is 0.0275. The highest BCUT2D eigenvalue weighted by atomic mass is 32.1. The summed E-state index contributed by atoms with van der Waals surface area (Å²) in [6, 6.07) is 11.9. The number of ether oxygens (including phenoxy) is 1. The monoisotopic (exact) mass is 442 g/mol. The minimum atomic E-state index is -0.420. The molecule has 3 rings (SSSR count). The van der Waals surface area contributed by atoms with Gasteiger partial charge < -0.3 is 9.84 Å². The molecule has 0 amide bonds. The molecule has 5 heteroatoms. The van der Waals surface area contributed by atoms with Crippen LogP contribution in [-0.4, -0.2) is 24.0 Å². The molecule has 1 aliphatic rings. The van der Waals surface area contributed by atoms with Crippen LogP contribution in [0.4, 0.5) is 0 Å². The lowest BCUT2D eigenvalue weighted by atomic mass is 9.84. The molecule has 0 aliphatic heterocycles. The van der Waals surface area contributed by atoms with Crippen molar-refractivity contribution in [1.29, 1.82) is 0 Å². The Balaban J connectivity index is 1.55. The minimum Gasteiger partial charge on any atom is -0.465 e. The van der Waals surface area contributed by atoms with Crippen molar-refractivity contribution in [2.45, 2.75) is 76.7 Å². The molecule has 168 valence electrons. The first-order valence-corrected chi connectivity index (χ1v) is 12.3. The molecule has 0 saturated heterocycles. The fourth-order valence-electron chi connectivity index (χ4n) is 4.62. The third-order valence-electron chi connectivity index (χ3n) is 6.39. The highest BCUT2D eigenvalue weighted by Gasteiger charge is 2.35. The van der Waals surface area contributed by atoms with Crippen LogP contribution in [0.5, 0.6) is 0 Å². The maximum absolute atomic E-state index is 12.6. The Bertz CT molecular complexity index is 855. The fourth-order valence-corrected chi connectivity index (χ4v) is 5.59. The van der Waals surface area contributed by atoms with Crippen LogP contribution in [0.3, 0.4) is 0 Å². The predicted octanol–water partition coefficient (Wildman–Crippen LogP) is 6.23. The number of unbranched alkanes of at least 4 members (excludes halogenated alkanes) is 2. The molecule has 2 unspecified atom stereocenters. The Morgan fingerprint density at radius 1 is 1.16 bits per heavy atom. The van der Waals surface area contributed by atoms with Crippen molar-refractivity contribution in [2.24, 2.45) is 5.92 Å². The van der Waals surface area contributed by atoms with Crippen LogP contribution in [0, 0.1) is 5.92 Å². The van der Waals surface area contributed by atoms with Crippen molar-refractivity contribution in [3.63, 3.8) is 0 Å². The second-order valence-electron chi connectivity index (χ2n) is 8.57. The first-order chi connectivity index (χ1) is 15.0. The van der Waals surface area contributed by atoms with Crippen LogP contribution in [0.25, 0.3) is 0 Å². The topological polar surface area (TPSA) is 63.6 Å². The second kappa shape index (κ2) is 11.6. The van der Waals surface area contributed by atoms with Gasteiger partial charge in [0, 0.05) is 17.2 Å². The molecule has 2 aromatic rings. The Kier molecular flexibility index (Phi) is 8.85. The van der Waals surface area contributed by atoms with E-state index in [0.29, 0.717) is 23.0 Å². The molecule has 31 heavy (non-hydrogen) atoms. The molecule has 3 atom stereocenters. The number of rotatable bonds is 11. The van der Waals surface area contributed by atoms with Gasteiger partial charge in [0.05, 0.1) is 13.2 Å². The van der Waals surface area contributed by atoms with E-state index in [4.69, 9.17) is 4.74 Å². The number of hydrogen-bond acceptors (Lipinski definition) is 5. The zero-order valence-electron chi connectivity index (χ0n) is 18.6. The third-order valence-corrected chi connectivity index (χ3v) is 7.51. The molecule has 0 spiro atoms. The summed E-state index contributed by atoms with van der Waals surface area (Å²) in [5, 5.41) is 10.4. The van der Waals surface area contributed by atoms with Gasteiger partial charge in [0.15, 0.2) is 0 Å². The highest BCUT2D eigenvalue weighted by Crippen LogP contribution is 2.40. The van der Waals surface area contributed by atoms with Gasteiger partial charge in [0.1, 0.15) is 10.7 Å². The molecule has 4 nitrogen and oxygen atoms in total. The Labute approximate surface area is 189 Å². The average molecular weight is 443 g/mol. The van der Waals surface area contributed by atoms with Gasteiger partial charge in [0.2, 0.25) is 0 Å². The molecule has 1 fully saturated rings. The Morgan fingerprint density at radius 2 is 1.94 bits per heavy atom. The number of benzene rings is 1. The zero-order chi connectivity index (χ0) is 22.2. The summed E-state index contributed by atoms with van der Waals surface area (Å²) in [5.41, 5.74) is 2.03. The summed E-state index contributed by atoms with van der Waals surface area (Å²) in [6.45, 7) is 2.16. The lowest BCUT2D eigenvalue weighted by molar-refractivity contribution is -0.119. The lowest BCUT2D eigenvalue weighted by Crippen LogP contribution is -2.13. The van der Waals surface area contributed by atoms with E-state index in [2.05, 4.69) is 6.92 Å². The molecular weight excluding hydrogens is 408 g/mol. The molecule has 1 aromatic heterocycles. The van der Waals surface area contributed by atoms with Gasteiger partial charge in [-0.3, -0.25) is 4.79 Å². The summed E-state index contributed by atoms with van der Waals surface area (Å²) in [7, 11) is 1.40. The lowest BCUT2D eigenvalue weighted by Gasteiger charge is -2.20. The van der Waals surface area contributed by atoms with Crippen LogP contribution >= 0.6 is 11.3 Å². The molecule has 0 radical (unpaired) electrons. The number of aliphatic hydroxyl groups excluding tert-OH is 1. The van der Waals surface area contributed by atoms with Crippen LogP contribution in [0.15, 0.2) is 36.4 Å². The Morgan fingerprint density at radius 3 is 2.65 bits per heavy atom. The fraction of sp³-hybridized carbons (Fsp3) is 0.538. The van der Waals surface area contributed by atoms with Crippen LogP contribution in [0.1, 0.15) is 96.0 Å². The number of carbonyl (C=O) groups excluding carboxylic acids is 2. The number of methoxy groups -OCH3 is 1. The van der Waals surface area contributed by atoms with E-state index in [1.165, 1.54) is 23.3 Å². The number of carbonyl (C=O) groups is 2. The van der Waals surface area contributed by atoms with Gasteiger partial charge in [-0.2, -0.15) is 0 Å². The summed E-state index contributed by atoms with van der Waals surface area (Å²) in [5.74, 6) is 0.398. The maximum atomic E-state index is 12.6. The van der Waals surface area contributed by atoms with Gasteiger partial charge in [-0.15, -0.1) is 11.3 Å². The molecule has 1 saturated carbocycles. The van der Waals surface area contributed by atoms with Crippen LogP contribution in [0.2, 0.25) is 0 Å². The van der Waals surface area contributed by atoms with Crippen LogP contribution in [-0.2, 0) is 16.0 Å². The summed E-state index contributed by atoms with van der Waals surface area (Å²) in [6.07, 6.45) is 8.22. The van der Waals surface area contributed by atoms with Crippen molar-refractivity contribution in [1.82, 2.24) is 0 Å². The molecule has 1 aliphatic carbocycles.